The van der Waals surface area contributed by atoms with Crippen LogP contribution in [-0.2, 0) is 10.3 Å². The normalized spacial score (nSPS) is 49.4. The molecular weight excluding hydrogens is 288 g/mol. The van der Waals surface area contributed by atoms with E-state index in [1.54, 1.807) is 0 Å². The van der Waals surface area contributed by atoms with Crippen LogP contribution in [0.5, 0.6) is 0 Å². The Balaban J connectivity index is 1.65. The Hall–Kier alpha value is -1.10. The summed E-state index contributed by atoms with van der Waals surface area (Å²) in [6, 6.07) is 8.50. The van der Waals surface area contributed by atoms with Crippen molar-refractivity contribution in [2.45, 2.75) is 62.1 Å². The molecule has 4 heteroatoms. The molecule has 3 bridgehead atoms. The van der Waals surface area contributed by atoms with Crippen LogP contribution < -0.4 is 4.90 Å². The van der Waals surface area contributed by atoms with Gasteiger partial charge in [0.05, 0.1) is 5.60 Å². The van der Waals surface area contributed by atoms with Crippen LogP contribution in [0.3, 0.4) is 0 Å². The van der Waals surface area contributed by atoms with E-state index in [4.69, 9.17) is 4.74 Å². The third-order valence-electron chi connectivity index (χ3n) is 7.59. The number of piperidine rings is 1. The number of para-hydroxylation sites is 1. The molecule has 1 spiro atoms. The van der Waals surface area contributed by atoms with Crippen molar-refractivity contribution in [3.8, 4) is 0 Å². The lowest BCUT2D eigenvalue weighted by Gasteiger charge is -2.54. The highest BCUT2D eigenvalue weighted by Crippen LogP contribution is 2.66. The smallest absolute Gasteiger partial charge is 0.135 e. The molecule has 0 aromatic heterocycles. The molecule has 4 nitrogen and oxygen atoms in total. The van der Waals surface area contributed by atoms with Crippen LogP contribution in [0.1, 0.15) is 44.6 Å². The van der Waals surface area contributed by atoms with Crippen molar-refractivity contribution in [2.75, 3.05) is 18.0 Å². The van der Waals surface area contributed by atoms with Gasteiger partial charge < -0.3 is 14.7 Å². The average molecular weight is 312 g/mol. The highest BCUT2D eigenvalue weighted by molar-refractivity contribution is 5.68. The first-order valence-corrected chi connectivity index (χ1v) is 9.18. The lowest BCUT2D eigenvalue weighted by atomic mass is 9.74. The van der Waals surface area contributed by atoms with E-state index in [-0.39, 0.29) is 17.5 Å². The van der Waals surface area contributed by atoms with Gasteiger partial charge in [0.25, 0.3) is 0 Å². The largest absolute Gasteiger partial charge is 0.381 e. The zero-order valence-corrected chi connectivity index (χ0v) is 13.7. The number of anilines is 1. The molecule has 0 aliphatic carbocycles. The first-order valence-electron chi connectivity index (χ1n) is 9.18. The summed E-state index contributed by atoms with van der Waals surface area (Å²) in [5, 5.41) is 11.8. The van der Waals surface area contributed by atoms with Crippen LogP contribution in [0.25, 0.3) is 0 Å². The van der Waals surface area contributed by atoms with Crippen molar-refractivity contribution in [2.24, 2.45) is 5.92 Å². The van der Waals surface area contributed by atoms with Crippen molar-refractivity contribution in [3.05, 3.63) is 29.8 Å². The zero-order chi connectivity index (χ0) is 15.4. The van der Waals surface area contributed by atoms with Crippen molar-refractivity contribution in [3.63, 3.8) is 0 Å². The van der Waals surface area contributed by atoms with Crippen molar-refractivity contribution in [1.29, 1.82) is 0 Å². The van der Waals surface area contributed by atoms with Gasteiger partial charge in [0.1, 0.15) is 17.5 Å². The van der Waals surface area contributed by atoms with E-state index < -0.39 is 5.60 Å². The van der Waals surface area contributed by atoms with Crippen LogP contribution in [0, 0.1) is 5.92 Å². The van der Waals surface area contributed by atoms with E-state index in [9.17, 15) is 5.11 Å². The average Bonchev–Trinajstić information content (AvgIpc) is 3.09. The number of benzene rings is 1. The van der Waals surface area contributed by atoms with Gasteiger partial charge in [-0.05, 0) is 38.2 Å². The number of ether oxygens (including phenoxy) is 1. The summed E-state index contributed by atoms with van der Waals surface area (Å²) in [7, 11) is 0. The second-order valence-corrected chi connectivity index (χ2v) is 8.28. The molecule has 0 amide bonds. The fraction of sp³-hybridized carbons (Fsp3) is 0.684. The number of aliphatic hydroxyl groups is 1. The molecular formula is C19H24N2O2. The standard InChI is InChI=1S/C19H24N2O2/c1-2-17-11-13-7-8-19-18(22,9-10-20(19)12-17)14-5-3-4-6-15(14)21(19)16(13)23-17/h3-6,13,16,22H,2,7-12H2,1H3/t13-,16-,17+,18+,19+/m1/s1. The van der Waals surface area contributed by atoms with Crippen molar-refractivity contribution >= 4 is 5.69 Å². The van der Waals surface area contributed by atoms with E-state index in [0.717, 1.165) is 37.9 Å². The summed E-state index contributed by atoms with van der Waals surface area (Å²) < 4.78 is 6.73. The summed E-state index contributed by atoms with van der Waals surface area (Å²) in [5.41, 5.74) is 1.32. The lowest BCUT2D eigenvalue weighted by molar-refractivity contribution is -0.0861. The second-order valence-electron chi connectivity index (χ2n) is 8.28. The summed E-state index contributed by atoms with van der Waals surface area (Å²) in [6.07, 6.45) is 5.47. The first-order chi connectivity index (χ1) is 11.1. The van der Waals surface area contributed by atoms with Crippen LogP contribution >= 0.6 is 0 Å². The van der Waals surface area contributed by atoms with Crippen LogP contribution in [0.15, 0.2) is 24.3 Å². The van der Waals surface area contributed by atoms with Gasteiger partial charge in [-0.3, -0.25) is 4.90 Å². The third kappa shape index (κ3) is 1.20. The molecule has 4 fully saturated rings. The van der Waals surface area contributed by atoms with Gasteiger partial charge in [0, 0.05) is 30.3 Å². The maximum Gasteiger partial charge on any atom is 0.135 e. The molecule has 23 heavy (non-hydrogen) atoms. The molecule has 5 atom stereocenters. The minimum absolute atomic E-state index is 0.00666. The van der Waals surface area contributed by atoms with Crippen LogP contribution in [0.4, 0.5) is 5.69 Å². The Morgan fingerprint density at radius 3 is 3.04 bits per heavy atom. The Labute approximate surface area is 137 Å². The van der Waals surface area contributed by atoms with Crippen LogP contribution in [0.2, 0.25) is 0 Å². The monoisotopic (exact) mass is 312 g/mol. The molecule has 1 aromatic carbocycles. The second kappa shape index (κ2) is 3.76. The van der Waals surface area contributed by atoms with E-state index in [0.29, 0.717) is 5.92 Å². The number of nitrogens with zero attached hydrogens (tertiary/aromatic N) is 2. The fourth-order valence-corrected chi connectivity index (χ4v) is 6.58. The predicted molar refractivity (Wildman–Crippen MR) is 87.0 cm³/mol. The molecule has 6 rings (SSSR count). The minimum Gasteiger partial charge on any atom is -0.381 e. The maximum atomic E-state index is 11.8. The highest BCUT2D eigenvalue weighted by Gasteiger charge is 2.74. The number of hydrogen-bond donors (Lipinski definition) is 1. The minimum atomic E-state index is -0.739. The summed E-state index contributed by atoms with van der Waals surface area (Å²) in [6.45, 7) is 4.22. The molecule has 122 valence electrons. The first kappa shape index (κ1) is 13.2. The molecule has 5 aliphatic heterocycles. The van der Waals surface area contributed by atoms with Gasteiger partial charge in [-0.1, -0.05) is 25.1 Å². The molecule has 5 aliphatic rings. The van der Waals surface area contributed by atoms with Crippen molar-refractivity contribution < 1.29 is 9.84 Å². The molecule has 1 aromatic rings. The summed E-state index contributed by atoms with van der Waals surface area (Å²) >= 11 is 0. The van der Waals surface area contributed by atoms with Gasteiger partial charge in [-0.25, -0.2) is 0 Å². The Morgan fingerprint density at radius 1 is 1.30 bits per heavy atom. The summed E-state index contributed by atoms with van der Waals surface area (Å²) in [4.78, 5) is 5.07. The lowest BCUT2D eigenvalue weighted by Crippen LogP contribution is -2.69. The van der Waals surface area contributed by atoms with Crippen molar-refractivity contribution in [1.82, 2.24) is 4.90 Å². The molecule has 0 unspecified atom stereocenters. The highest BCUT2D eigenvalue weighted by atomic mass is 16.5. The number of fused-ring (bicyclic) bond motifs is 3. The molecule has 1 N–H and O–H groups in total. The topological polar surface area (TPSA) is 35.9 Å². The maximum absolute atomic E-state index is 11.8. The van der Waals surface area contributed by atoms with Gasteiger partial charge in [-0.15, -0.1) is 0 Å². The zero-order valence-electron chi connectivity index (χ0n) is 13.7. The Morgan fingerprint density at radius 2 is 2.17 bits per heavy atom. The molecule has 5 heterocycles. The van der Waals surface area contributed by atoms with Gasteiger partial charge in [0.15, 0.2) is 0 Å². The number of hydrogen-bond acceptors (Lipinski definition) is 4. The van der Waals surface area contributed by atoms with Gasteiger partial charge in [-0.2, -0.15) is 0 Å². The molecule has 0 radical (unpaired) electrons. The molecule has 4 saturated heterocycles. The van der Waals surface area contributed by atoms with Crippen LogP contribution in [-0.4, -0.2) is 40.6 Å². The molecule has 0 saturated carbocycles. The summed E-state index contributed by atoms with van der Waals surface area (Å²) in [5.74, 6) is 0.610. The third-order valence-corrected chi connectivity index (χ3v) is 7.59. The van der Waals surface area contributed by atoms with E-state index in [1.165, 1.54) is 18.5 Å². The van der Waals surface area contributed by atoms with Gasteiger partial charge >= 0.3 is 0 Å². The van der Waals surface area contributed by atoms with Gasteiger partial charge in [0.2, 0.25) is 0 Å². The number of rotatable bonds is 1. The quantitative estimate of drug-likeness (QED) is 0.864. The SMILES string of the molecule is CC[C@@]12C[C@H]3CC[C@@]45N(CC[C@]4(O)c4ccccc4N5[C@@H]3O1)C2. The van der Waals surface area contributed by atoms with E-state index in [1.807, 2.05) is 0 Å². The fourth-order valence-electron chi connectivity index (χ4n) is 6.58. The Bertz CT molecular complexity index is 708. The van der Waals surface area contributed by atoms with E-state index >= 15 is 0 Å². The Kier molecular flexibility index (Phi) is 2.16. The van der Waals surface area contributed by atoms with E-state index in [2.05, 4.69) is 41.0 Å². The predicted octanol–water partition coefficient (Wildman–Crippen LogP) is 2.42.